The fourth-order valence-electron chi connectivity index (χ4n) is 4.60. The summed E-state index contributed by atoms with van der Waals surface area (Å²) in [6.07, 6.45) is 8.14. The molecule has 8 heteroatoms. The van der Waals surface area contributed by atoms with Gasteiger partial charge in [-0.1, -0.05) is 29.6 Å². The molecule has 1 amide bonds. The molecule has 2 saturated heterocycles. The summed E-state index contributed by atoms with van der Waals surface area (Å²) in [5, 5.41) is 7.93. The van der Waals surface area contributed by atoms with Crippen LogP contribution < -0.4 is 5.32 Å². The van der Waals surface area contributed by atoms with Gasteiger partial charge in [0.15, 0.2) is 0 Å². The second-order valence-electron chi connectivity index (χ2n) is 8.97. The van der Waals surface area contributed by atoms with Gasteiger partial charge < -0.3 is 14.7 Å². The highest BCUT2D eigenvalue weighted by Gasteiger charge is 2.26. The van der Waals surface area contributed by atoms with Crippen molar-refractivity contribution in [3.63, 3.8) is 0 Å². The van der Waals surface area contributed by atoms with Gasteiger partial charge in [0.2, 0.25) is 17.6 Å². The lowest BCUT2D eigenvalue weighted by molar-refractivity contribution is -0.126. The highest BCUT2D eigenvalue weighted by Crippen LogP contribution is 2.21. The summed E-state index contributed by atoms with van der Waals surface area (Å²) < 4.78 is 5.43. The van der Waals surface area contributed by atoms with E-state index >= 15 is 0 Å². The van der Waals surface area contributed by atoms with Gasteiger partial charge in [0.1, 0.15) is 0 Å². The zero-order valence-corrected chi connectivity index (χ0v) is 19.5. The Hall–Kier alpha value is -1.96. The summed E-state index contributed by atoms with van der Waals surface area (Å²) in [5.74, 6) is 1.50. The fourth-order valence-corrected chi connectivity index (χ4v) is 4.72. The van der Waals surface area contributed by atoms with Gasteiger partial charge in [0.05, 0.1) is 6.54 Å². The predicted molar refractivity (Wildman–Crippen MR) is 125 cm³/mol. The monoisotopic (exact) mass is 459 g/mol. The average molecular weight is 460 g/mol. The van der Waals surface area contributed by atoms with Crippen molar-refractivity contribution in [1.29, 1.82) is 0 Å². The highest BCUT2D eigenvalue weighted by molar-refractivity contribution is 6.30. The highest BCUT2D eigenvalue weighted by atomic mass is 35.5. The number of carbonyl (C=O) groups excluding carboxylic acids is 1. The molecule has 2 fully saturated rings. The van der Waals surface area contributed by atoms with Crippen LogP contribution in [0, 0.1) is 5.92 Å². The Kier molecular flexibility index (Phi) is 8.54. The molecule has 4 rings (SSSR count). The number of nitrogens with one attached hydrogen (secondary N) is 1. The number of aromatic nitrogens is 2. The van der Waals surface area contributed by atoms with E-state index in [1.54, 1.807) is 0 Å². The Morgan fingerprint density at radius 3 is 2.47 bits per heavy atom. The van der Waals surface area contributed by atoms with E-state index in [2.05, 4.69) is 25.3 Å². The molecule has 0 spiro atoms. The van der Waals surface area contributed by atoms with Gasteiger partial charge in [-0.05, 0) is 89.1 Å². The van der Waals surface area contributed by atoms with E-state index < -0.39 is 0 Å². The smallest absolute Gasteiger partial charge is 0.241 e. The van der Waals surface area contributed by atoms with Gasteiger partial charge in [-0.2, -0.15) is 4.98 Å². The summed E-state index contributed by atoms with van der Waals surface area (Å²) in [4.78, 5) is 21.9. The van der Waals surface area contributed by atoms with Crippen molar-refractivity contribution >= 4 is 17.5 Å². The lowest BCUT2D eigenvalue weighted by Crippen LogP contribution is -2.41. The van der Waals surface area contributed by atoms with Crippen LogP contribution >= 0.6 is 11.6 Å². The molecule has 7 nitrogen and oxygen atoms in total. The standard InChI is InChI=1S/C24H34ClN5O2/c25-21-8-6-19(7-9-21)23-27-22(32-28-23)18-30-16-10-20(11-17-30)24(31)26-12-5-15-29-13-3-1-2-4-14-29/h6-9,20H,1-5,10-18H2,(H,26,31). The van der Waals surface area contributed by atoms with E-state index in [4.69, 9.17) is 16.1 Å². The van der Waals surface area contributed by atoms with Crippen LogP contribution in [-0.4, -0.2) is 65.1 Å². The number of likely N-dealkylation sites (tertiary alicyclic amines) is 2. The third-order valence-corrected chi connectivity index (χ3v) is 6.79. The second-order valence-corrected chi connectivity index (χ2v) is 9.41. The SMILES string of the molecule is O=C(NCCCN1CCCCCC1)C1CCN(Cc2nc(-c3ccc(Cl)cc3)no2)CC1. The minimum Gasteiger partial charge on any atom is -0.356 e. The maximum absolute atomic E-state index is 12.6. The number of carbonyl (C=O) groups is 1. The summed E-state index contributed by atoms with van der Waals surface area (Å²) in [5.41, 5.74) is 0.885. The molecule has 174 valence electrons. The van der Waals surface area contributed by atoms with Crippen LogP contribution in [0.25, 0.3) is 11.4 Å². The molecule has 0 bridgehead atoms. The maximum Gasteiger partial charge on any atom is 0.241 e. The maximum atomic E-state index is 12.6. The zero-order chi connectivity index (χ0) is 22.2. The molecule has 1 aromatic carbocycles. The Morgan fingerprint density at radius 2 is 1.75 bits per heavy atom. The van der Waals surface area contributed by atoms with Crippen molar-refractivity contribution in [3.05, 3.63) is 35.2 Å². The van der Waals surface area contributed by atoms with Gasteiger partial charge in [-0.15, -0.1) is 0 Å². The lowest BCUT2D eigenvalue weighted by Gasteiger charge is -2.30. The Bertz CT molecular complexity index is 840. The fraction of sp³-hybridized carbons (Fsp3) is 0.625. The van der Waals surface area contributed by atoms with Crippen LogP contribution in [0.1, 0.15) is 50.8 Å². The molecular weight excluding hydrogens is 426 g/mol. The number of nitrogens with zero attached hydrogens (tertiary/aromatic N) is 4. The number of benzene rings is 1. The van der Waals surface area contributed by atoms with E-state index in [1.165, 1.54) is 38.8 Å². The van der Waals surface area contributed by atoms with Crippen molar-refractivity contribution < 1.29 is 9.32 Å². The molecule has 1 N–H and O–H groups in total. The van der Waals surface area contributed by atoms with Gasteiger partial charge in [0.25, 0.3) is 0 Å². The van der Waals surface area contributed by atoms with E-state index in [0.717, 1.165) is 51.0 Å². The quantitative estimate of drug-likeness (QED) is 0.602. The van der Waals surface area contributed by atoms with Gasteiger partial charge >= 0.3 is 0 Å². The Labute approximate surface area is 195 Å². The number of amides is 1. The summed E-state index contributed by atoms with van der Waals surface area (Å²) in [6, 6.07) is 7.40. The number of hydrogen-bond donors (Lipinski definition) is 1. The molecule has 3 heterocycles. The minimum absolute atomic E-state index is 0.108. The third-order valence-electron chi connectivity index (χ3n) is 6.54. The summed E-state index contributed by atoms with van der Waals surface area (Å²) >= 11 is 5.94. The van der Waals surface area contributed by atoms with Crippen molar-refractivity contribution in [3.8, 4) is 11.4 Å². The normalized spacial score (nSPS) is 19.0. The van der Waals surface area contributed by atoms with Crippen LogP contribution in [0.4, 0.5) is 0 Å². The van der Waals surface area contributed by atoms with Crippen LogP contribution in [0.5, 0.6) is 0 Å². The molecule has 32 heavy (non-hydrogen) atoms. The minimum atomic E-state index is 0.108. The van der Waals surface area contributed by atoms with E-state index in [0.29, 0.717) is 23.3 Å². The van der Waals surface area contributed by atoms with Crippen molar-refractivity contribution in [2.45, 2.75) is 51.5 Å². The number of piperidine rings is 1. The summed E-state index contributed by atoms with van der Waals surface area (Å²) in [6.45, 7) is 6.66. The third kappa shape index (κ3) is 6.77. The van der Waals surface area contributed by atoms with Crippen LogP contribution in [-0.2, 0) is 11.3 Å². The van der Waals surface area contributed by atoms with Crippen LogP contribution in [0.15, 0.2) is 28.8 Å². The van der Waals surface area contributed by atoms with Crippen molar-refractivity contribution in [1.82, 2.24) is 25.3 Å². The molecule has 0 aliphatic carbocycles. The first-order valence-electron chi connectivity index (χ1n) is 12.0. The molecule has 1 aromatic heterocycles. The molecule has 2 aliphatic rings. The van der Waals surface area contributed by atoms with E-state index in [1.807, 2.05) is 24.3 Å². The number of halogens is 1. The van der Waals surface area contributed by atoms with Crippen LogP contribution in [0.3, 0.4) is 0 Å². The van der Waals surface area contributed by atoms with Gasteiger partial charge in [-0.25, -0.2) is 0 Å². The van der Waals surface area contributed by atoms with Crippen LogP contribution in [0.2, 0.25) is 5.02 Å². The zero-order valence-electron chi connectivity index (χ0n) is 18.8. The van der Waals surface area contributed by atoms with Gasteiger partial charge in [0, 0.05) is 23.0 Å². The average Bonchev–Trinajstić information content (AvgIpc) is 3.11. The lowest BCUT2D eigenvalue weighted by atomic mass is 9.96. The molecule has 2 aromatic rings. The van der Waals surface area contributed by atoms with Gasteiger partial charge in [-0.3, -0.25) is 9.69 Å². The molecule has 0 unspecified atom stereocenters. The number of rotatable bonds is 8. The summed E-state index contributed by atoms with van der Waals surface area (Å²) in [7, 11) is 0. The van der Waals surface area contributed by atoms with E-state index in [-0.39, 0.29) is 11.8 Å². The Morgan fingerprint density at radius 1 is 1.03 bits per heavy atom. The van der Waals surface area contributed by atoms with E-state index in [9.17, 15) is 4.79 Å². The molecule has 0 saturated carbocycles. The first-order chi connectivity index (χ1) is 15.7. The largest absolute Gasteiger partial charge is 0.356 e. The topological polar surface area (TPSA) is 74.5 Å². The molecular formula is C24H34ClN5O2. The molecule has 0 radical (unpaired) electrons. The predicted octanol–water partition coefficient (Wildman–Crippen LogP) is 3.98. The first kappa shape index (κ1) is 23.2. The molecule has 2 aliphatic heterocycles. The Balaban J connectivity index is 1.14. The molecule has 0 atom stereocenters. The van der Waals surface area contributed by atoms with Crippen molar-refractivity contribution in [2.24, 2.45) is 5.92 Å². The number of hydrogen-bond acceptors (Lipinski definition) is 6. The second kappa shape index (κ2) is 11.8. The van der Waals surface area contributed by atoms with Crippen molar-refractivity contribution in [2.75, 3.05) is 39.3 Å². The first-order valence-corrected chi connectivity index (χ1v) is 12.4.